The number of nitrogens with one attached hydrogen (secondary N) is 1. The fourth-order valence-electron chi connectivity index (χ4n) is 3.44. The number of carbonyl (C=O) groups is 1. The van der Waals surface area contributed by atoms with E-state index in [4.69, 9.17) is 21.4 Å². The minimum absolute atomic E-state index is 0.0231. The summed E-state index contributed by atoms with van der Waals surface area (Å²) in [5.74, 6) is -0.543. The second-order valence-corrected chi connectivity index (χ2v) is 10.4. The molecule has 1 N–H and O–H groups in total. The summed E-state index contributed by atoms with van der Waals surface area (Å²) in [6.45, 7) is 0. The molecule has 3 heterocycles. The maximum atomic E-state index is 13.1. The molecule has 5 rings (SSSR count). The van der Waals surface area contributed by atoms with E-state index in [0.29, 0.717) is 27.7 Å². The van der Waals surface area contributed by atoms with Crippen LogP contribution in [0.1, 0.15) is 11.3 Å². The van der Waals surface area contributed by atoms with E-state index in [2.05, 4.69) is 9.39 Å². The molecule has 3 aromatic rings. The number of furan rings is 1. The maximum Gasteiger partial charge on any atom is 0.283 e. The van der Waals surface area contributed by atoms with Crippen molar-refractivity contribution in [3.63, 3.8) is 0 Å². The number of rotatable bonds is 4. The van der Waals surface area contributed by atoms with E-state index < -0.39 is 15.7 Å². The highest BCUT2D eigenvalue weighted by atomic mass is 35.5. The van der Waals surface area contributed by atoms with Gasteiger partial charge in [-0.15, -0.1) is 0 Å². The van der Waals surface area contributed by atoms with Gasteiger partial charge in [0.05, 0.1) is 28.3 Å². The van der Waals surface area contributed by atoms with Crippen LogP contribution < -0.4 is 0 Å². The summed E-state index contributed by atoms with van der Waals surface area (Å²) in [6, 6.07) is 19.1. The van der Waals surface area contributed by atoms with Crippen molar-refractivity contribution in [1.82, 2.24) is 4.90 Å². The molecule has 0 bridgehead atoms. The Balaban J connectivity index is 1.46. The fourth-order valence-corrected chi connectivity index (χ4v) is 6.13. The van der Waals surface area contributed by atoms with Crippen molar-refractivity contribution < 1.29 is 17.6 Å². The number of benzene rings is 2. The lowest BCUT2D eigenvalue weighted by Crippen LogP contribution is -2.45. The van der Waals surface area contributed by atoms with E-state index >= 15 is 0 Å². The minimum Gasteiger partial charge on any atom is -0.457 e. The minimum atomic E-state index is -3.91. The smallest absolute Gasteiger partial charge is 0.283 e. The molecule has 0 atom stereocenters. The van der Waals surface area contributed by atoms with Gasteiger partial charge in [-0.3, -0.25) is 10.2 Å². The van der Waals surface area contributed by atoms with Crippen LogP contribution in [0, 0.1) is 5.41 Å². The summed E-state index contributed by atoms with van der Waals surface area (Å²) in [5.41, 5.74) is 1.14. The Kier molecular flexibility index (Phi) is 5.72. The van der Waals surface area contributed by atoms with Gasteiger partial charge in [-0.1, -0.05) is 54.1 Å². The van der Waals surface area contributed by atoms with E-state index in [1.54, 1.807) is 60.7 Å². The number of aliphatic imine (C=N–C) groups is 1. The summed E-state index contributed by atoms with van der Waals surface area (Å²) in [6.07, 6.45) is 1.36. The Morgan fingerprint density at radius 3 is 2.56 bits per heavy atom. The van der Waals surface area contributed by atoms with Crippen molar-refractivity contribution in [3.8, 4) is 11.3 Å². The quantitative estimate of drug-likeness (QED) is 0.398. The second-order valence-electron chi connectivity index (χ2n) is 7.33. The molecule has 0 spiro atoms. The Morgan fingerprint density at radius 1 is 1.06 bits per heavy atom. The van der Waals surface area contributed by atoms with Gasteiger partial charge in [-0.05, 0) is 35.9 Å². The number of halogens is 1. The van der Waals surface area contributed by atoms with Crippen LogP contribution in [0.3, 0.4) is 0 Å². The standard InChI is InChI=1S/C23H15ClN4O4S2/c24-18-9-5-4-8-16(18)19-11-10-15(32-19)12-17-20(25)28-22(26-21(17)29)33-27-23(28)34(30,31)13-14-6-2-1-3-7-14/h1-12,25H,13H2/b17-12-,25-20?. The van der Waals surface area contributed by atoms with Crippen molar-refractivity contribution in [2.45, 2.75) is 5.75 Å². The Hall–Kier alpha value is -3.47. The highest BCUT2D eigenvalue weighted by Gasteiger charge is 2.42. The van der Waals surface area contributed by atoms with E-state index in [-0.39, 0.29) is 27.5 Å². The van der Waals surface area contributed by atoms with Gasteiger partial charge in [0.25, 0.3) is 5.91 Å². The molecule has 2 aliphatic rings. The molecule has 0 saturated heterocycles. The first-order chi connectivity index (χ1) is 16.3. The fraction of sp³-hybridized carbons (Fsp3) is 0.0435. The first-order valence-electron chi connectivity index (χ1n) is 9.94. The molecule has 1 amide bonds. The summed E-state index contributed by atoms with van der Waals surface area (Å²) < 4.78 is 36.0. The Morgan fingerprint density at radius 2 is 1.79 bits per heavy atom. The zero-order valence-corrected chi connectivity index (χ0v) is 19.7. The highest BCUT2D eigenvalue weighted by Crippen LogP contribution is 2.33. The van der Waals surface area contributed by atoms with Crippen LogP contribution in [0.15, 0.2) is 86.1 Å². The molecule has 2 aromatic carbocycles. The Labute approximate surface area is 204 Å². The molecular formula is C23H15ClN4O4S2. The van der Waals surface area contributed by atoms with Gasteiger partial charge < -0.3 is 4.42 Å². The molecular weight excluding hydrogens is 496 g/mol. The molecule has 0 fully saturated rings. The van der Waals surface area contributed by atoms with Gasteiger partial charge in [0, 0.05) is 5.56 Å². The zero-order chi connectivity index (χ0) is 23.9. The summed E-state index contributed by atoms with van der Waals surface area (Å²) in [4.78, 5) is 17.6. The van der Waals surface area contributed by atoms with Crippen molar-refractivity contribution in [1.29, 1.82) is 5.41 Å². The molecule has 1 aromatic heterocycles. The number of carbonyl (C=O) groups excluding carboxylic acids is 1. The predicted octanol–water partition coefficient (Wildman–Crippen LogP) is 4.79. The largest absolute Gasteiger partial charge is 0.457 e. The third-order valence-corrected chi connectivity index (χ3v) is 7.71. The molecule has 0 radical (unpaired) electrons. The lowest BCUT2D eigenvalue weighted by Gasteiger charge is -2.24. The molecule has 8 nitrogen and oxygen atoms in total. The third kappa shape index (κ3) is 4.11. The summed E-state index contributed by atoms with van der Waals surface area (Å²) >= 11 is 6.97. The van der Waals surface area contributed by atoms with Crippen molar-refractivity contribution >= 4 is 61.5 Å². The van der Waals surface area contributed by atoms with Gasteiger partial charge >= 0.3 is 0 Å². The SMILES string of the molecule is N=C1/C(=C/c2ccc(-c3ccccc3Cl)o2)C(=O)N=C2SN=C(S(=O)(=O)Cc3ccccc3)N12. The zero-order valence-electron chi connectivity index (χ0n) is 17.3. The molecule has 0 unspecified atom stereocenters. The molecule has 0 saturated carbocycles. The van der Waals surface area contributed by atoms with E-state index in [0.717, 1.165) is 16.8 Å². The first-order valence-corrected chi connectivity index (χ1v) is 12.7. The third-order valence-electron chi connectivity index (χ3n) is 5.02. The maximum absolute atomic E-state index is 13.1. The number of amidine groups is 3. The van der Waals surface area contributed by atoms with Gasteiger partial charge in [0.1, 0.15) is 17.4 Å². The normalized spacial score (nSPS) is 17.1. The molecule has 11 heteroatoms. The van der Waals surface area contributed by atoms with Crippen LogP contribution in [-0.2, 0) is 20.4 Å². The predicted molar refractivity (Wildman–Crippen MR) is 133 cm³/mol. The van der Waals surface area contributed by atoms with Crippen LogP contribution >= 0.6 is 23.5 Å². The molecule has 2 aliphatic heterocycles. The van der Waals surface area contributed by atoms with Crippen molar-refractivity contribution in [2.24, 2.45) is 9.39 Å². The summed E-state index contributed by atoms with van der Waals surface area (Å²) in [7, 11) is -3.91. The number of amides is 1. The van der Waals surface area contributed by atoms with Crippen LogP contribution in [0.25, 0.3) is 17.4 Å². The summed E-state index contributed by atoms with van der Waals surface area (Å²) in [5, 5.41) is 8.78. The van der Waals surface area contributed by atoms with Crippen molar-refractivity contribution in [3.05, 3.63) is 88.6 Å². The van der Waals surface area contributed by atoms with Crippen LogP contribution in [0.5, 0.6) is 0 Å². The monoisotopic (exact) mass is 510 g/mol. The van der Waals surface area contributed by atoms with Crippen LogP contribution in [-0.4, -0.2) is 35.4 Å². The van der Waals surface area contributed by atoms with E-state index in [9.17, 15) is 13.2 Å². The van der Waals surface area contributed by atoms with Gasteiger partial charge in [0.15, 0.2) is 0 Å². The lowest BCUT2D eigenvalue weighted by atomic mass is 10.1. The number of fused-ring (bicyclic) bond motifs is 1. The topological polar surface area (TPSA) is 116 Å². The number of sulfone groups is 1. The van der Waals surface area contributed by atoms with Crippen LogP contribution in [0.2, 0.25) is 5.02 Å². The second kappa shape index (κ2) is 8.71. The van der Waals surface area contributed by atoms with Gasteiger partial charge in [-0.25, -0.2) is 13.3 Å². The van der Waals surface area contributed by atoms with Gasteiger partial charge in [-0.2, -0.15) is 9.39 Å². The lowest BCUT2D eigenvalue weighted by molar-refractivity contribution is -0.114. The van der Waals surface area contributed by atoms with Gasteiger partial charge in [0.2, 0.25) is 20.2 Å². The van der Waals surface area contributed by atoms with E-state index in [1.165, 1.54) is 6.08 Å². The van der Waals surface area contributed by atoms with Crippen molar-refractivity contribution in [2.75, 3.05) is 0 Å². The molecule has 34 heavy (non-hydrogen) atoms. The van der Waals surface area contributed by atoms with Crippen LogP contribution in [0.4, 0.5) is 0 Å². The Bertz CT molecular complexity index is 1530. The number of nitrogens with zero attached hydrogens (tertiary/aromatic N) is 3. The number of hydrogen-bond acceptors (Lipinski definition) is 7. The average Bonchev–Trinajstić information content (AvgIpc) is 3.45. The molecule has 170 valence electrons. The highest BCUT2D eigenvalue weighted by molar-refractivity contribution is 8.16. The molecule has 0 aliphatic carbocycles. The first kappa shape index (κ1) is 22.3. The average molecular weight is 511 g/mol. The number of hydrogen-bond donors (Lipinski definition) is 1. The van der Waals surface area contributed by atoms with E-state index in [1.807, 2.05) is 6.07 Å².